The molecule has 1 spiro atoms. The van der Waals surface area contributed by atoms with Crippen LogP contribution in [0.1, 0.15) is 98.1 Å². The molecule has 11 rings (SSSR count). The molecule has 4 saturated heterocycles. The third-order valence-corrected chi connectivity index (χ3v) is 15.9. The van der Waals surface area contributed by atoms with E-state index in [2.05, 4.69) is 67.7 Å². The highest BCUT2D eigenvalue weighted by atomic mass is 35.5. The van der Waals surface area contributed by atoms with Crippen molar-refractivity contribution < 1.29 is 19.1 Å². The summed E-state index contributed by atoms with van der Waals surface area (Å²) in [7, 11) is 0. The number of imide groups is 1. The zero-order valence-electron chi connectivity index (χ0n) is 35.2. The zero-order valence-corrected chi connectivity index (χ0v) is 35.9. The second kappa shape index (κ2) is 14.7. The predicted molar refractivity (Wildman–Crippen MR) is 234 cm³/mol. The number of halogens is 1. The molecular weight excluding hydrogens is 790 g/mol. The first-order chi connectivity index (χ1) is 29.5. The minimum Gasteiger partial charge on any atom is -0.492 e. The van der Waals surface area contributed by atoms with Crippen molar-refractivity contribution in [2.24, 2.45) is 11.8 Å². The van der Waals surface area contributed by atoms with Gasteiger partial charge in [-0.05, 0) is 133 Å². The molecule has 61 heavy (non-hydrogen) atoms. The fourth-order valence-corrected chi connectivity index (χ4v) is 12.2. The Morgan fingerprint density at radius 3 is 2.28 bits per heavy atom. The molecule has 7 aliphatic heterocycles. The van der Waals surface area contributed by atoms with Crippen molar-refractivity contribution in [1.82, 2.24) is 29.6 Å². The Morgan fingerprint density at radius 1 is 0.836 bits per heavy atom. The molecule has 0 saturated carbocycles. The van der Waals surface area contributed by atoms with Crippen LogP contribution >= 0.6 is 11.6 Å². The maximum Gasteiger partial charge on any atom is 0.282 e. The van der Waals surface area contributed by atoms with Crippen molar-refractivity contribution in [1.29, 1.82) is 0 Å². The summed E-state index contributed by atoms with van der Waals surface area (Å²) in [6.07, 6.45) is 7.57. The van der Waals surface area contributed by atoms with Crippen molar-refractivity contribution in [3.05, 3.63) is 92.0 Å². The van der Waals surface area contributed by atoms with E-state index in [9.17, 15) is 19.2 Å². The molecule has 7 aliphatic rings. The second-order valence-electron chi connectivity index (χ2n) is 19.4. The van der Waals surface area contributed by atoms with Gasteiger partial charge in [0.15, 0.2) is 0 Å². The van der Waals surface area contributed by atoms with E-state index in [1.54, 1.807) is 11.0 Å². The number of fused-ring (bicyclic) bond motifs is 9. The van der Waals surface area contributed by atoms with Crippen LogP contribution in [0.15, 0.2) is 53.3 Å². The summed E-state index contributed by atoms with van der Waals surface area (Å²) in [4.78, 5) is 65.0. The molecule has 8 heterocycles. The number of ether oxygens (including phenoxy) is 1. The summed E-state index contributed by atoms with van der Waals surface area (Å²) in [5, 5.41) is 3.32. The molecule has 1 aromatic heterocycles. The average Bonchev–Trinajstić information content (AvgIpc) is 3.86. The van der Waals surface area contributed by atoms with E-state index < -0.39 is 11.5 Å². The molecule has 4 aromatic rings. The SMILES string of the molecule is CC1(C)c2ccc(N3CCC(CN4CCC(CN5CCC6(CC5)COc5c6ccc6c5CN([C@H]5CCC(=O)NC5=O)C6=O)CC4)CC3)cc2-n2c1nc(=O)c1c(Cl)cccc12. The Balaban J connectivity index is 0.664. The Bertz CT molecular complexity index is 2550. The largest absolute Gasteiger partial charge is 0.492 e. The van der Waals surface area contributed by atoms with E-state index in [-0.39, 0.29) is 35.1 Å². The van der Waals surface area contributed by atoms with E-state index in [1.807, 2.05) is 18.2 Å². The number of benzene rings is 3. The van der Waals surface area contributed by atoms with Crippen LogP contribution < -0.4 is 20.5 Å². The molecule has 4 fully saturated rings. The van der Waals surface area contributed by atoms with Gasteiger partial charge in [0.25, 0.3) is 11.5 Å². The van der Waals surface area contributed by atoms with Crippen LogP contribution in [-0.4, -0.2) is 107 Å². The highest BCUT2D eigenvalue weighted by Gasteiger charge is 2.48. The summed E-state index contributed by atoms with van der Waals surface area (Å²) in [5.41, 5.74) is 6.37. The normalized spacial score (nSPS) is 23.9. The first-order valence-electron chi connectivity index (χ1n) is 22.5. The molecular formula is C48H54ClN7O5. The summed E-state index contributed by atoms with van der Waals surface area (Å²) in [6, 6.07) is 15.9. The van der Waals surface area contributed by atoms with Crippen molar-refractivity contribution in [3.63, 3.8) is 0 Å². The van der Waals surface area contributed by atoms with Crippen LogP contribution in [0.2, 0.25) is 5.02 Å². The van der Waals surface area contributed by atoms with Crippen molar-refractivity contribution in [2.45, 2.75) is 88.6 Å². The van der Waals surface area contributed by atoms with Gasteiger partial charge in [-0.25, -0.2) is 0 Å². The van der Waals surface area contributed by atoms with Gasteiger partial charge in [0.2, 0.25) is 11.8 Å². The van der Waals surface area contributed by atoms with E-state index in [0.29, 0.717) is 41.5 Å². The van der Waals surface area contributed by atoms with Gasteiger partial charge in [-0.2, -0.15) is 4.98 Å². The minimum absolute atomic E-state index is 0.0310. The van der Waals surface area contributed by atoms with Gasteiger partial charge in [-0.3, -0.25) is 29.1 Å². The number of hydrogen-bond acceptors (Lipinski definition) is 9. The number of carbonyl (C=O) groups excluding carboxylic acids is 3. The summed E-state index contributed by atoms with van der Waals surface area (Å²) >= 11 is 6.53. The molecule has 1 atom stereocenters. The number of rotatable bonds is 6. The maximum atomic E-state index is 13.4. The Labute approximate surface area is 361 Å². The number of nitrogens with one attached hydrogen (secondary N) is 1. The Hall–Kier alpha value is -4.78. The van der Waals surface area contributed by atoms with Crippen LogP contribution in [0, 0.1) is 11.8 Å². The average molecular weight is 844 g/mol. The van der Waals surface area contributed by atoms with Gasteiger partial charge in [0.1, 0.15) is 17.6 Å². The zero-order chi connectivity index (χ0) is 41.8. The number of amides is 3. The molecule has 0 aliphatic carbocycles. The molecule has 12 nitrogen and oxygen atoms in total. The van der Waals surface area contributed by atoms with Gasteiger partial charge < -0.3 is 24.3 Å². The van der Waals surface area contributed by atoms with Gasteiger partial charge in [0.05, 0.1) is 40.2 Å². The molecule has 0 bridgehead atoms. The monoisotopic (exact) mass is 843 g/mol. The molecule has 0 radical (unpaired) electrons. The molecule has 13 heteroatoms. The van der Waals surface area contributed by atoms with Crippen molar-refractivity contribution in [2.75, 3.05) is 63.9 Å². The summed E-state index contributed by atoms with van der Waals surface area (Å²) < 4.78 is 8.58. The minimum atomic E-state index is -0.620. The molecule has 318 valence electrons. The van der Waals surface area contributed by atoms with Gasteiger partial charge >= 0.3 is 0 Å². The van der Waals surface area contributed by atoms with Crippen LogP contribution in [0.25, 0.3) is 16.6 Å². The fraction of sp³-hybridized carbons (Fsp3) is 0.521. The third kappa shape index (κ3) is 6.41. The summed E-state index contributed by atoms with van der Waals surface area (Å²) in [5.74, 6) is 2.24. The Morgan fingerprint density at radius 2 is 1.54 bits per heavy atom. The lowest BCUT2D eigenvalue weighted by molar-refractivity contribution is -0.136. The third-order valence-electron chi connectivity index (χ3n) is 15.6. The van der Waals surface area contributed by atoms with Gasteiger partial charge in [0, 0.05) is 60.4 Å². The van der Waals surface area contributed by atoms with Crippen molar-refractivity contribution in [3.8, 4) is 11.4 Å². The molecule has 3 amide bonds. The van der Waals surface area contributed by atoms with Crippen LogP contribution in [0.5, 0.6) is 5.75 Å². The van der Waals surface area contributed by atoms with Crippen LogP contribution in [0.4, 0.5) is 5.69 Å². The van der Waals surface area contributed by atoms with E-state index in [0.717, 1.165) is 79.8 Å². The van der Waals surface area contributed by atoms with Crippen LogP contribution in [0.3, 0.4) is 0 Å². The summed E-state index contributed by atoms with van der Waals surface area (Å²) in [6.45, 7) is 14.2. The quantitative estimate of drug-likeness (QED) is 0.241. The first kappa shape index (κ1) is 39.1. The number of nitrogens with zero attached hydrogens (tertiary/aromatic N) is 6. The smallest absolute Gasteiger partial charge is 0.282 e. The number of anilines is 1. The highest BCUT2D eigenvalue weighted by molar-refractivity contribution is 6.35. The fourth-order valence-electron chi connectivity index (χ4n) is 12.0. The lowest BCUT2D eigenvalue weighted by Gasteiger charge is -2.42. The number of hydrogen-bond donors (Lipinski definition) is 1. The lowest BCUT2D eigenvalue weighted by atomic mass is 9.73. The van der Waals surface area contributed by atoms with Gasteiger partial charge in [-0.1, -0.05) is 29.8 Å². The molecule has 1 N–H and O–H groups in total. The number of piperidine rings is 4. The van der Waals surface area contributed by atoms with E-state index in [4.69, 9.17) is 16.3 Å². The second-order valence-corrected chi connectivity index (χ2v) is 19.9. The first-order valence-corrected chi connectivity index (χ1v) is 22.9. The number of aromatic nitrogens is 2. The van der Waals surface area contributed by atoms with E-state index >= 15 is 0 Å². The number of likely N-dealkylation sites (tertiary alicyclic amines) is 2. The molecule has 3 aromatic carbocycles. The van der Waals surface area contributed by atoms with Crippen molar-refractivity contribution >= 4 is 45.9 Å². The predicted octanol–water partition coefficient (Wildman–Crippen LogP) is 5.79. The van der Waals surface area contributed by atoms with Gasteiger partial charge in [-0.15, -0.1) is 0 Å². The topological polar surface area (TPSA) is 120 Å². The lowest BCUT2D eigenvalue weighted by Crippen LogP contribution is -2.52. The number of carbonyl (C=O) groups is 3. The standard InChI is InChI=1S/C48H54ClN7O5/c1-47(2)34-8-6-31(24-39(34)56-37-5-3-4-36(49)41(37)44(59)51-46(47)56)54-20-14-30(15-21-54)25-52-18-12-29(13-19-52)26-53-22-16-48(17-23-53)28-61-42-33-27-55(38-10-11-40(57)50-43(38)58)45(60)32(33)7-9-35(42)48/h3-9,24,29-30,38H,10-23,25-28H2,1-2H3,(H,50,57,58)/t38-/m0/s1. The van der Waals surface area contributed by atoms with E-state index in [1.165, 1.54) is 62.1 Å². The molecule has 0 unspecified atom stereocenters. The Kier molecular flexibility index (Phi) is 9.40. The highest BCUT2D eigenvalue weighted by Crippen LogP contribution is 2.50. The van der Waals surface area contributed by atoms with Crippen LogP contribution in [-0.2, 0) is 27.0 Å². The maximum absolute atomic E-state index is 13.4.